The molecule has 0 aliphatic carbocycles. The van der Waals surface area contributed by atoms with Gasteiger partial charge in [0.2, 0.25) is 5.82 Å². The number of carboxylic acids is 1. The number of rotatable bonds is 4. The molecule has 0 saturated carbocycles. The van der Waals surface area contributed by atoms with Crippen LogP contribution in [0.5, 0.6) is 0 Å². The number of alkyl halides is 3. The molecule has 1 amide bonds. The lowest BCUT2D eigenvalue weighted by atomic mass is 10.1. The molecular weight excluding hydrogens is 327 g/mol. The van der Waals surface area contributed by atoms with Gasteiger partial charge >= 0.3 is 12.1 Å². The lowest BCUT2D eigenvalue weighted by Gasteiger charge is -2.14. The average molecular weight is 343 g/mol. The van der Waals surface area contributed by atoms with Crippen LogP contribution in [0.1, 0.15) is 43.0 Å². The van der Waals surface area contributed by atoms with E-state index in [1.54, 1.807) is 13.8 Å². The fourth-order valence-electron chi connectivity index (χ4n) is 2.30. The zero-order chi connectivity index (χ0) is 18.2. The molecule has 0 radical (unpaired) electrons. The highest BCUT2D eigenvalue weighted by atomic mass is 19.4. The molecule has 0 aliphatic rings. The molecule has 0 spiro atoms. The Hall–Kier alpha value is -2.58. The third-order valence-electron chi connectivity index (χ3n) is 3.44. The van der Waals surface area contributed by atoms with Crippen molar-refractivity contribution in [3.8, 4) is 0 Å². The number of benzene rings is 1. The van der Waals surface area contributed by atoms with Crippen molar-refractivity contribution in [2.75, 3.05) is 0 Å². The van der Waals surface area contributed by atoms with Crippen molar-refractivity contribution < 1.29 is 27.9 Å². The highest BCUT2D eigenvalue weighted by molar-refractivity contribution is 5.99. The van der Waals surface area contributed by atoms with Crippen molar-refractivity contribution in [1.82, 2.24) is 14.9 Å². The van der Waals surface area contributed by atoms with Gasteiger partial charge in [0.25, 0.3) is 5.91 Å². The van der Waals surface area contributed by atoms with Crippen LogP contribution in [0, 0.1) is 0 Å². The van der Waals surface area contributed by atoms with Crippen molar-refractivity contribution in [1.29, 1.82) is 0 Å². The summed E-state index contributed by atoms with van der Waals surface area (Å²) >= 11 is 0. The summed E-state index contributed by atoms with van der Waals surface area (Å²) in [4.78, 5) is 26.4. The number of amides is 1. The highest BCUT2D eigenvalue weighted by Gasteiger charge is 2.38. The zero-order valence-electron chi connectivity index (χ0n) is 13.2. The first-order valence-corrected chi connectivity index (χ1v) is 7.15. The van der Waals surface area contributed by atoms with E-state index in [2.05, 4.69) is 10.3 Å². The van der Waals surface area contributed by atoms with Gasteiger partial charge in [-0.3, -0.25) is 9.59 Å². The molecule has 1 aromatic heterocycles. The molecule has 9 heteroatoms. The minimum absolute atomic E-state index is 0.0200. The smallest absolute Gasteiger partial charge is 0.449 e. The van der Waals surface area contributed by atoms with Crippen LogP contribution in [-0.4, -0.2) is 32.6 Å². The Bertz CT molecular complexity index is 796. The molecule has 0 bridgehead atoms. The molecule has 2 N–H and O–H groups in total. The van der Waals surface area contributed by atoms with Crippen LogP contribution in [0.2, 0.25) is 0 Å². The van der Waals surface area contributed by atoms with E-state index in [1.807, 2.05) is 0 Å². The molecule has 0 fully saturated rings. The Morgan fingerprint density at radius 2 is 1.88 bits per heavy atom. The van der Waals surface area contributed by atoms with Crippen molar-refractivity contribution in [3.05, 3.63) is 29.6 Å². The number of aliphatic carboxylic acids is 1. The number of nitrogens with zero attached hydrogens (tertiary/aromatic N) is 2. The molecule has 0 saturated heterocycles. The molecule has 1 heterocycles. The minimum Gasteiger partial charge on any atom is -0.480 e. The van der Waals surface area contributed by atoms with Gasteiger partial charge in [-0.25, -0.2) is 4.98 Å². The molecule has 2 rings (SSSR count). The Morgan fingerprint density at radius 1 is 1.25 bits per heavy atom. The molecule has 2 aromatic rings. The fraction of sp³-hybridized carbons (Fsp3) is 0.400. The third kappa shape index (κ3) is 3.34. The maximum atomic E-state index is 13.1. The minimum atomic E-state index is -4.62. The van der Waals surface area contributed by atoms with Gasteiger partial charge in [0.15, 0.2) is 0 Å². The summed E-state index contributed by atoms with van der Waals surface area (Å²) in [5.74, 6) is -2.95. The quantitative estimate of drug-likeness (QED) is 0.894. The number of carbonyl (C=O) groups is 2. The van der Waals surface area contributed by atoms with Crippen LogP contribution in [0.25, 0.3) is 11.0 Å². The summed E-state index contributed by atoms with van der Waals surface area (Å²) in [6.07, 6.45) is -4.62. The topological polar surface area (TPSA) is 84.2 Å². The van der Waals surface area contributed by atoms with E-state index < -0.39 is 36.0 Å². The van der Waals surface area contributed by atoms with Gasteiger partial charge in [0.1, 0.15) is 6.04 Å². The number of carbonyl (C=O) groups excluding carboxylic acids is 1. The number of nitrogens with one attached hydrogen (secondary N) is 1. The summed E-state index contributed by atoms with van der Waals surface area (Å²) < 4.78 is 40.5. The molecule has 1 aromatic carbocycles. The van der Waals surface area contributed by atoms with E-state index >= 15 is 0 Å². The number of hydrogen-bond donors (Lipinski definition) is 2. The first kappa shape index (κ1) is 17.8. The highest BCUT2D eigenvalue weighted by Crippen LogP contribution is 2.33. The maximum Gasteiger partial charge on any atom is 0.449 e. The van der Waals surface area contributed by atoms with Crippen molar-refractivity contribution in [2.45, 2.75) is 39.0 Å². The molecule has 1 atom stereocenters. The number of carboxylic acid groups (broad SMARTS) is 1. The van der Waals surface area contributed by atoms with Crippen molar-refractivity contribution in [2.24, 2.45) is 0 Å². The van der Waals surface area contributed by atoms with Gasteiger partial charge < -0.3 is 15.0 Å². The summed E-state index contributed by atoms with van der Waals surface area (Å²) in [6.45, 7) is 4.49. The van der Waals surface area contributed by atoms with Gasteiger partial charge in [-0.15, -0.1) is 0 Å². The molecule has 1 unspecified atom stereocenters. The van der Waals surface area contributed by atoms with Crippen LogP contribution >= 0.6 is 0 Å². The Labute approximate surface area is 135 Å². The van der Waals surface area contributed by atoms with Crippen molar-refractivity contribution in [3.63, 3.8) is 0 Å². The van der Waals surface area contributed by atoms with Gasteiger partial charge in [0.05, 0.1) is 11.0 Å². The summed E-state index contributed by atoms with van der Waals surface area (Å²) in [5.41, 5.74) is 0.310. The first-order valence-electron chi connectivity index (χ1n) is 7.15. The SMILES string of the molecule is CC(NC(=O)c1ccc2c(c1)nc(C(F)(F)F)n2C(C)C)C(=O)O. The Morgan fingerprint density at radius 3 is 2.38 bits per heavy atom. The second-order valence-corrected chi connectivity index (χ2v) is 5.63. The van der Waals surface area contributed by atoms with Crippen molar-refractivity contribution >= 4 is 22.9 Å². The van der Waals surface area contributed by atoms with Gasteiger partial charge in [-0.2, -0.15) is 13.2 Å². The van der Waals surface area contributed by atoms with E-state index in [-0.39, 0.29) is 16.6 Å². The third-order valence-corrected chi connectivity index (χ3v) is 3.44. The van der Waals surface area contributed by atoms with Crippen LogP contribution in [0.15, 0.2) is 18.2 Å². The van der Waals surface area contributed by atoms with E-state index in [1.165, 1.54) is 25.1 Å². The van der Waals surface area contributed by atoms with Gasteiger partial charge in [-0.1, -0.05) is 0 Å². The number of halogens is 3. The largest absolute Gasteiger partial charge is 0.480 e. The number of fused-ring (bicyclic) bond motifs is 1. The van der Waals surface area contributed by atoms with Gasteiger partial charge in [0, 0.05) is 11.6 Å². The molecule has 130 valence electrons. The second-order valence-electron chi connectivity index (χ2n) is 5.63. The average Bonchev–Trinajstić information content (AvgIpc) is 2.85. The van der Waals surface area contributed by atoms with Gasteiger partial charge in [-0.05, 0) is 39.0 Å². The maximum absolute atomic E-state index is 13.1. The predicted molar refractivity (Wildman–Crippen MR) is 79.7 cm³/mol. The normalized spacial score (nSPS) is 13.3. The lowest BCUT2D eigenvalue weighted by Crippen LogP contribution is -2.38. The second kappa shape index (κ2) is 6.14. The van der Waals surface area contributed by atoms with E-state index in [9.17, 15) is 22.8 Å². The van der Waals surface area contributed by atoms with E-state index in [0.29, 0.717) is 0 Å². The molecule has 0 aliphatic heterocycles. The summed E-state index contributed by atoms with van der Waals surface area (Å²) in [6, 6.07) is 2.34. The Kier molecular flexibility index (Phi) is 4.54. The summed E-state index contributed by atoms with van der Waals surface area (Å²) in [5, 5.41) is 11.0. The molecular formula is C15H16F3N3O3. The molecule has 6 nitrogen and oxygen atoms in total. The fourth-order valence-corrected chi connectivity index (χ4v) is 2.30. The van der Waals surface area contributed by atoms with Crippen LogP contribution in [-0.2, 0) is 11.0 Å². The van der Waals surface area contributed by atoms with E-state index in [4.69, 9.17) is 5.11 Å². The molecule has 24 heavy (non-hydrogen) atoms. The number of hydrogen-bond acceptors (Lipinski definition) is 3. The number of imidazole rings is 1. The monoisotopic (exact) mass is 343 g/mol. The summed E-state index contributed by atoms with van der Waals surface area (Å²) in [7, 11) is 0. The van der Waals surface area contributed by atoms with E-state index in [0.717, 1.165) is 4.57 Å². The predicted octanol–water partition coefficient (Wildman–Crippen LogP) is 2.84. The standard InChI is InChI=1S/C15H16F3N3O3/c1-7(2)21-11-5-4-9(12(22)19-8(3)13(23)24)6-10(11)20-14(21)15(16,17)18/h4-8H,1-3H3,(H,19,22)(H,23,24). The Balaban J connectivity index is 2.49. The van der Waals surface area contributed by atoms with Crippen LogP contribution in [0.4, 0.5) is 13.2 Å². The van der Waals surface area contributed by atoms with Crippen LogP contribution < -0.4 is 5.32 Å². The van der Waals surface area contributed by atoms with Crippen LogP contribution in [0.3, 0.4) is 0 Å². The number of aromatic nitrogens is 2. The first-order chi connectivity index (χ1) is 11.0. The zero-order valence-corrected chi connectivity index (χ0v) is 13.2. The lowest BCUT2D eigenvalue weighted by molar-refractivity contribution is -0.147.